The molecule has 50 valence electrons. The van der Waals surface area contributed by atoms with Crippen molar-refractivity contribution in [1.82, 2.24) is 0 Å². The van der Waals surface area contributed by atoms with Crippen LogP contribution in [-0.2, 0) is 9.09 Å². The van der Waals surface area contributed by atoms with Gasteiger partial charge < -0.3 is 4.52 Å². The molecule has 5 heteroatoms. The molecule has 2 nitrogen and oxygen atoms in total. The van der Waals surface area contributed by atoms with Crippen molar-refractivity contribution in [3.05, 3.63) is 0 Å². The molecule has 0 saturated heterocycles. The number of rotatable bonds is 3. The lowest BCUT2D eigenvalue weighted by molar-refractivity contribution is 0.313. The van der Waals surface area contributed by atoms with E-state index in [1.54, 1.807) is 0 Å². The Morgan fingerprint density at radius 2 is 2.38 bits per heavy atom. The first-order chi connectivity index (χ1) is 3.56. The molecule has 0 heterocycles. The number of alkyl halides is 1. The van der Waals surface area contributed by atoms with Crippen LogP contribution in [-0.4, -0.2) is 18.6 Å². The highest BCUT2D eigenvalue weighted by Gasteiger charge is 2.10. The van der Waals surface area contributed by atoms with Crippen LogP contribution < -0.4 is 0 Å². The van der Waals surface area contributed by atoms with Crippen LogP contribution >= 0.6 is 23.6 Å². The minimum Gasteiger partial charge on any atom is -0.305 e. The second-order valence-electron chi connectivity index (χ2n) is 1.27. The highest BCUT2D eigenvalue weighted by Crippen LogP contribution is 2.43. The second kappa shape index (κ2) is 3.59. The summed E-state index contributed by atoms with van der Waals surface area (Å²) in [6.07, 6.45) is 0. The summed E-state index contributed by atoms with van der Waals surface area (Å²) in [4.78, 5) is 0. The Balaban J connectivity index is 3.26. The van der Waals surface area contributed by atoms with Crippen LogP contribution in [0.3, 0.4) is 0 Å². The van der Waals surface area contributed by atoms with E-state index in [-0.39, 0.29) is 6.61 Å². The minimum absolute atomic E-state index is 0.157. The van der Waals surface area contributed by atoms with E-state index in [0.717, 1.165) is 6.66 Å². The van der Waals surface area contributed by atoms with Crippen molar-refractivity contribution in [3.8, 4) is 0 Å². The third-order valence-corrected chi connectivity index (χ3v) is 1.37. The average Bonchev–Trinajstić information content (AvgIpc) is 1.59. The predicted molar refractivity (Wildman–Crippen MR) is 34.4 cm³/mol. The number of hydrogen-bond acceptors (Lipinski definition) is 2. The molecule has 0 spiro atoms. The summed E-state index contributed by atoms with van der Waals surface area (Å²) in [6.45, 7) is 1.10. The maximum absolute atomic E-state index is 11.9. The Bertz CT molecular complexity index is 101. The molecule has 0 aliphatic carbocycles. The number of halogens is 2. The van der Waals surface area contributed by atoms with E-state index >= 15 is 0 Å². The molecular weight excluding hydrogens is 198 g/mol. The summed E-state index contributed by atoms with van der Waals surface area (Å²) in [5.41, 5.74) is 0. The lowest BCUT2D eigenvalue weighted by Gasteiger charge is -1.99. The van der Waals surface area contributed by atoms with Crippen molar-refractivity contribution in [1.29, 1.82) is 0 Å². The first kappa shape index (κ1) is 8.60. The normalized spacial score (nSPS) is 17.9. The van der Waals surface area contributed by atoms with Gasteiger partial charge in [0, 0.05) is 12.0 Å². The smallest absolute Gasteiger partial charge is 0.305 e. The van der Waals surface area contributed by atoms with E-state index in [9.17, 15) is 8.76 Å². The molecule has 0 aliphatic rings. The van der Waals surface area contributed by atoms with Crippen molar-refractivity contribution in [2.75, 3.05) is 18.6 Å². The van der Waals surface area contributed by atoms with Crippen molar-refractivity contribution in [2.24, 2.45) is 0 Å². The van der Waals surface area contributed by atoms with E-state index < -0.39 is 7.68 Å². The van der Waals surface area contributed by atoms with Crippen LogP contribution in [0, 0.1) is 0 Å². The standard InChI is InChI=1S/C3H7BrFO2P/c1-8(5,6)7-3-2-4/h2-3H2,1H3. The van der Waals surface area contributed by atoms with Gasteiger partial charge in [0.05, 0.1) is 6.61 Å². The molecule has 0 N–H and O–H groups in total. The summed E-state index contributed by atoms with van der Waals surface area (Å²) < 4.78 is 26.2. The van der Waals surface area contributed by atoms with Gasteiger partial charge in [0.1, 0.15) is 0 Å². The van der Waals surface area contributed by atoms with Crippen LogP contribution in [0.4, 0.5) is 4.20 Å². The molecule has 0 bridgehead atoms. The third kappa shape index (κ3) is 6.60. The lowest BCUT2D eigenvalue weighted by atomic mass is 10.9. The highest BCUT2D eigenvalue weighted by molar-refractivity contribution is 9.09. The lowest BCUT2D eigenvalue weighted by Crippen LogP contribution is -1.88. The van der Waals surface area contributed by atoms with Gasteiger partial charge in [0.2, 0.25) is 0 Å². The predicted octanol–water partition coefficient (Wildman–Crippen LogP) is 2.19. The maximum Gasteiger partial charge on any atom is 0.364 e. The van der Waals surface area contributed by atoms with E-state index in [2.05, 4.69) is 20.5 Å². The van der Waals surface area contributed by atoms with Crippen LogP contribution in [0.5, 0.6) is 0 Å². The summed E-state index contributed by atoms with van der Waals surface area (Å²) >= 11 is 2.99. The van der Waals surface area contributed by atoms with E-state index in [0.29, 0.717) is 5.33 Å². The van der Waals surface area contributed by atoms with Gasteiger partial charge in [0.25, 0.3) is 0 Å². The molecule has 1 unspecified atom stereocenters. The Kier molecular flexibility index (Phi) is 3.86. The zero-order valence-electron chi connectivity index (χ0n) is 4.43. The minimum atomic E-state index is -3.71. The molecule has 0 aromatic rings. The van der Waals surface area contributed by atoms with E-state index in [1.165, 1.54) is 0 Å². The summed E-state index contributed by atoms with van der Waals surface area (Å²) in [7, 11) is -3.71. The molecule has 0 saturated carbocycles. The fourth-order valence-electron chi connectivity index (χ4n) is 0.198. The fourth-order valence-corrected chi connectivity index (χ4v) is 1.03. The average molecular weight is 205 g/mol. The molecule has 1 atom stereocenters. The van der Waals surface area contributed by atoms with Crippen LogP contribution in [0.2, 0.25) is 0 Å². The molecule has 0 radical (unpaired) electrons. The van der Waals surface area contributed by atoms with Gasteiger partial charge in [-0.15, -0.1) is 0 Å². The Morgan fingerprint density at radius 3 is 2.50 bits per heavy atom. The second-order valence-corrected chi connectivity index (χ2v) is 3.81. The third-order valence-electron chi connectivity index (χ3n) is 0.399. The topological polar surface area (TPSA) is 26.3 Å². The largest absolute Gasteiger partial charge is 0.364 e. The molecule has 0 fully saturated rings. The zero-order chi connectivity index (χ0) is 6.62. The van der Waals surface area contributed by atoms with Crippen LogP contribution in [0.15, 0.2) is 0 Å². The summed E-state index contributed by atoms with van der Waals surface area (Å²) in [5, 5.41) is 0.509. The first-order valence-corrected chi connectivity index (χ1v) is 5.12. The first-order valence-electron chi connectivity index (χ1n) is 2.04. The quantitative estimate of drug-likeness (QED) is 0.521. The fraction of sp³-hybridized carbons (Fsp3) is 1.00. The van der Waals surface area contributed by atoms with Gasteiger partial charge in [-0.05, 0) is 0 Å². The van der Waals surface area contributed by atoms with Crippen molar-refractivity contribution in [2.45, 2.75) is 0 Å². The van der Waals surface area contributed by atoms with Crippen molar-refractivity contribution < 1.29 is 13.3 Å². The molecule has 0 aliphatic heterocycles. The molecule has 8 heavy (non-hydrogen) atoms. The van der Waals surface area contributed by atoms with Crippen molar-refractivity contribution in [3.63, 3.8) is 0 Å². The monoisotopic (exact) mass is 204 g/mol. The Labute approximate surface area is 56.1 Å². The van der Waals surface area contributed by atoms with Gasteiger partial charge in [-0.3, -0.25) is 4.57 Å². The molecule has 0 aromatic heterocycles. The SMILES string of the molecule is CP(=O)(F)OCCBr. The number of hydrogen-bond donors (Lipinski definition) is 0. The molecule has 0 amide bonds. The zero-order valence-corrected chi connectivity index (χ0v) is 6.91. The van der Waals surface area contributed by atoms with E-state index in [1.807, 2.05) is 0 Å². The Morgan fingerprint density at radius 1 is 1.88 bits per heavy atom. The highest BCUT2D eigenvalue weighted by atomic mass is 79.9. The van der Waals surface area contributed by atoms with Gasteiger partial charge in [-0.25, -0.2) is 0 Å². The molecule has 0 aromatic carbocycles. The van der Waals surface area contributed by atoms with Crippen LogP contribution in [0.1, 0.15) is 0 Å². The Hall–Kier alpha value is 0.600. The van der Waals surface area contributed by atoms with Gasteiger partial charge in [-0.1, -0.05) is 15.9 Å². The molecule has 0 rings (SSSR count). The van der Waals surface area contributed by atoms with Gasteiger partial charge in [0.15, 0.2) is 0 Å². The maximum atomic E-state index is 11.9. The van der Waals surface area contributed by atoms with Crippen molar-refractivity contribution >= 4 is 23.6 Å². The summed E-state index contributed by atoms with van der Waals surface area (Å²) in [6, 6.07) is 0. The van der Waals surface area contributed by atoms with E-state index in [4.69, 9.17) is 0 Å². The van der Waals surface area contributed by atoms with Gasteiger partial charge in [-0.2, -0.15) is 4.20 Å². The van der Waals surface area contributed by atoms with Gasteiger partial charge >= 0.3 is 7.68 Å². The summed E-state index contributed by atoms with van der Waals surface area (Å²) in [5.74, 6) is 0. The molecular formula is C3H7BrFO2P. The van der Waals surface area contributed by atoms with Crippen LogP contribution in [0.25, 0.3) is 0 Å².